The van der Waals surface area contributed by atoms with Gasteiger partial charge in [0.25, 0.3) is 21.6 Å². The summed E-state index contributed by atoms with van der Waals surface area (Å²) in [6.07, 6.45) is 0.940. The van der Waals surface area contributed by atoms with Crippen molar-refractivity contribution >= 4 is 21.6 Å². The van der Waals surface area contributed by atoms with E-state index in [-0.39, 0.29) is 16.1 Å². The first kappa shape index (κ1) is 19.5. The van der Waals surface area contributed by atoms with Crippen molar-refractivity contribution in [3.63, 3.8) is 0 Å². The van der Waals surface area contributed by atoms with E-state index in [1.54, 1.807) is 12.1 Å². The number of benzene rings is 2. The first-order valence-corrected chi connectivity index (χ1v) is 9.39. The third-order valence-electron chi connectivity index (χ3n) is 4.01. The number of hydrogen-bond donors (Lipinski definition) is 2. The maximum Gasteiger partial charge on any atom is 0.269 e. The molecule has 0 bridgehead atoms. The average Bonchev–Trinajstić information content (AvgIpc) is 2.65. The smallest absolute Gasteiger partial charge is 0.269 e. The molecular weight excluding hydrogens is 358 g/mol. The number of nitro benzene ring substituents is 1. The number of nitro groups is 1. The van der Waals surface area contributed by atoms with E-state index in [1.165, 1.54) is 24.3 Å². The summed E-state index contributed by atoms with van der Waals surface area (Å²) in [6.45, 7) is 4.09. The Bertz CT molecular complexity index is 893. The molecule has 2 aromatic carbocycles. The Morgan fingerprint density at radius 3 is 2.19 bits per heavy atom. The van der Waals surface area contributed by atoms with Crippen LogP contribution in [0.1, 0.15) is 42.1 Å². The molecule has 1 amide bonds. The summed E-state index contributed by atoms with van der Waals surface area (Å²) in [6, 6.07) is 11.2. The second kappa shape index (κ2) is 8.07. The molecule has 1 atom stereocenters. The van der Waals surface area contributed by atoms with E-state index in [4.69, 9.17) is 0 Å². The predicted octanol–water partition coefficient (Wildman–Crippen LogP) is 2.73. The molecule has 8 nitrogen and oxygen atoms in total. The molecule has 2 N–H and O–H groups in total. The molecule has 0 aliphatic carbocycles. The first-order valence-electron chi connectivity index (χ1n) is 7.91. The standard InChI is InChI=1S/C17H19N3O5S/c1-3-12(2)13-6-10-16(11-7-13)26(24,25)19-18-17(21)14-4-8-15(9-5-14)20(22)23/h4-12,19H,3H2,1-2H3,(H,18,21)/t12-/m1/s1. The van der Waals surface area contributed by atoms with E-state index in [2.05, 4.69) is 5.43 Å². The van der Waals surface area contributed by atoms with Crippen molar-refractivity contribution in [2.24, 2.45) is 0 Å². The summed E-state index contributed by atoms with van der Waals surface area (Å²) < 4.78 is 24.5. The van der Waals surface area contributed by atoms with E-state index in [1.807, 2.05) is 18.7 Å². The lowest BCUT2D eigenvalue weighted by molar-refractivity contribution is -0.384. The highest BCUT2D eigenvalue weighted by molar-refractivity contribution is 7.89. The molecule has 0 saturated heterocycles. The minimum atomic E-state index is -3.92. The molecule has 2 rings (SSSR count). The maximum atomic E-state index is 12.2. The minimum Gasteiger partial charge on any atom is -0.273 e. The first-order chi connectivity index (χ1) is 12.2. The van der Waals surface area contributed by atoms with Crippen molar-refractivity contribution in [1.29, 1.82) is 0 Å². The molecule has 0 heterocycles. The van der Waals surface area contributed by atoms with Gasteiger partial charge in [0.05, 0.1) is 9.82 Å². The number of hydrazine groups is 1. The fourth-order valence-electron chi connectivity index (χ4n) is 2.19. The molecule has 0 saturated carbocycles. The van der Waals surface area contributed by atoms with E-state index in [0.717, 1.165) is 24.1 Å². The highest BCUT2D eigenvalue weighted by atomic mass is 32.2. The average molecular weight is 377 g/mol. The van der Waals surface area contributed by atoms with E-state index >= 15 is 0 Å². The normalized spacial score (nSPS) is 12.4. The Morgan fingerprint density at radius 2 is 1.69 bits per heavy atom. The summed E-state index contributed by atoms with van der Waals surface area (Å²) in [4.78, 5) is 24.0. The molecule has 138 valence electrons. The predicted molar refractivity (Wildman–Crippen MR) is 96.0 cm³/mol. The minimum absolute atomic E-state index is 0.0218. The molecule has 26 heavy (non-hydrogen) atoms. The number of carbonyl (C=O) groups excluding carboxylic acids is 1. The van der Waals surface area contributed by atoms with Crippen LogP contribution in [0.5, 0.6) is 0 Å². The van der Waals surface area contributed by atoms with Gasteiger partial charge in [-0.1, -0.05) is 26.0 Å². The summed E-state index contributed by atoms with van der Waals surface area (Å²) >= 11 is 0. The van der Waals surface area contributed by atoms with Gasteiger partial charge in [-0.25, -0.2) is 8.42 Å². The summed E-state index contributed by atoms with van der Waals surface area (Å²) in [5, 5.41) is 10.6. The zero-order valence-corrected chi connectivity index (χ0v) is 15.1. The number of sulfonamides is 1. The van der Waals surface area contributed by atoms with Crippen LogP contribution in [0.4, 0.5) is 5.69 Å². The summed E-state index contributed by atoms with van der Waals surface area (Å²) in [7, 11) is -3.92. The van der Waals surface area contributed by atoms with Crippen LogP contribution in [0.25, 0.3) is 0 Å². The molecule has 0 unspecified atom stereocenters. The van der Waals surface area contributed by atoms with Gasteiger partial charge in [-0.3, -0.25) is 20.3 Å². The van der Waals surface area contributed by atoms with E-state index in [9.17, 15) is 23.3 Å². The van der Waals surface area contributed by atoms with Gasteiger partial charge < -0.3 is 0 Å². The van der Waals surface area contributed by atoms with Crippen LogP contribution in [-0.4, -0.2) is 19.2 Å². The number of rotatable bonds is 7. The lowest BCUT2D eigenvalue weighted by atomic mass is 9.99. The van der Waals surface area contributed by atoms with Crippen LogP contribution in [0.15, 0.2) is 53.4 Å². The molecular formula is C17H19N3O5S. The molecule has 0 aliphatic rings. The number of amides is 1. The van der Waals surface area contributed by atoms with Crippen molar-refractivity contribution in [3.05, 3.63) is 69.8 Å². The number of nitrogens with one attached hydrogen (secondary N) is 2. The Balaban J connectivity index is 2.05. The van der Waals surface area contributed by atoms with Gasteiger partial charge in [-0.05, 0) is 42.2 Å². The number of hydrogen-bond acceptors (Lipinski definition) is 5. The van der Waals surface area contributed by atoms with Gasteiger partial charge in [0.2, 0.25) is 0 Å². The highest BCUT2D eigenvalue weighted by Gasteiger charge is 2.17. The molecule has 2 aromatic rings. The third-order valence-corrected chi connectivity index (χ3v) is 5.27. The quantitative estimate of drug-likeness (QED) is 0.568. The summed E-state index contributed by atoms with van der Waals surface area (Å²) in [5.74, 6) is -0.402. The Kier molecular flexibility index (Phi) is 6.06. The third kappa shape index (κ3) is 4.64. The van der Waals surface area contributed by atoms with Crippen molar-refractivity contribution in [1.82, 2.24) is 10.3 Å². The molecule has 0 spiro atoms. The van der Waals surface area contributed by atoms with Crippen LogP contribution in [0.3, 0.4) is 0 Å². The van der Waals surface area contributed by atoms with Gasteiger partial charge >= 0.3 is 0 Å². The second-order valence-corrected chi connectivity index (χ2v) is 7.42. The molecule has 0 fully saturated rings. The SMILES string of the molecule is CC[C@@H](C)c1ccc(S(=O)(=O)NNC(=O)c2ccc([N+](=O)[O-])cc2)cc1. The van der Waals surface area contributed by atoms with Gasteiger partial charge in [-0.2, -0.15) is 0 Å². The van der Waals surface area contributed by atoms with Crippen LogP contribution >= 0.6 is 0 Å². The fraction of sp³-hybridized carbons (Fsp3) is 0.235. The summed E-state index contributed by atoms with van der Waals surface area (Å²) in [5.41, 5.74) is 3.04. The van der Waals surface area contributed by atoms with Crippen LogP contribution in [0, 0.1) is 10.1 Å². The molecule has 0 aliphatic heterocycles. The van der Waals surface area contributed by atoms with Gasteiger partial charge in [0, 0.05) is 17.7 Å². The molecule has 0 aromatic heterocycles. The fourth-order valence-corrected chi connectivity index (χ4v) is 3.03. The Morgan fingerprint density at radius 1 is 1.12 bits per heavy atom. The second-order valence-electron chi connectivity index (χ2n) is 5.74. The monoisotopic (exact) mass is 377 g/mol. The van der Waals surface area contributed by atoms with E-state index < -0.39 is 20.9 Å². The topological polar surface area (TPSA) is 118 Å². The molecule has 0 radical (unpaired) electrons. The Hall–Kier alpha value is -2.78. The number of carbonyl (C=O) groups is 1. The Labute approximate surface area is 151 Å². The van der Waals surface area contributed by atoms with Crippen molar-refractivity contribution in [2.75, 3.05) is 0 Å². The number of nitrogens with zero attached hydrogens (tertiary/aromatic N) is 1. The van der Waals surface area contributed by atoms with Gasteiger partial charge in [0.15, 0.2) is 0 Å². The lowest BCUT2D eigenvalue weighted by Gasteiger charge is -2.11. The van der Waals surface area contributed by atoms with Crippen LogP contribution in [0.2, 0.25) is 0 Å². The van der Waals surface area contributed by atoms with E-state index in [0.29, 0.717) is 5.92 Å². The molecule has 9 heteroatoms. The lowest BCUT2D eigenvalue weighted by Crippen LogP contribution is -2.41. The van der Waals surface area contributed by atoms with Crippen LogP contribution < -0.4 is 10.3 Å². The largest absolute Gasteiger partial charge is 0.273 e. The zero-order valence-electron chi connectivity index (χ0n) is 14.3. The van der Waals surface area contributed by atoms with Gasteiger partial charge in [0.1, 0.15) is 0 Å². The van der Waals surface area contributed by atoms with Gasteiger partial charge in [-0.15, -0.1) is 4.83 Å². The van der Waals surface area contributed by atoms with Crippen molar-refractivity contribution < 1.29 is 18.1 Å². The highest BCUT2D eigenvalue weighted by Crippen LogP contribution is 2.20. The van der Waals surface area contributed by atoms with Crippen LogP contribution in [-0.2, 0) is 10.0 Å². The number of non-ortho nitro benzene ring substituents is 1. The zero-order chi connectivity index (χ0) is 19.3. The van der Waals surface area contributed by atoms with Crippen molar-refractivity contribution in [3.8, 4) is 0 Å². The van der Waals surface area contributed by atoms with Crippen molar-refractivity contribution in [2.45, 2.75) is 31.1 Å². The maximum absolute atomic E-state index is 12.2.